The second kappa shape index (κ2) is 8.52. The Morgan fingerprint density at radius 3 is 2.72 bits per heavy atom. The van der Waals surface area contributed by atoms with Crippen LogP contribution in [0.15, 0.2) is 29.2 Å². The Hall–Kier alpha value is -3.04. The molecule has 2 N–H and O–H groups in total. The van der Waals surface area contributed by atoms with Crippen LogP contribution in [0.1, 0.15) is 32.1 Å². The number of pyridine rings is 1. The van der Waals surface area contributed by atoms with Crippen molar-refractivity contribution in [2.24, 2.45) is 13.0 Å². The van der Waals surface area contributed by atoms with Gasteiger partial charge in [0.1, 0.15) is 5.02 Å². The fourth-order valence-corrected chi connectivity index (χ4v) is 6.07. The first-order valence-electron chi connectivity index (χ1n) is 12.8. The molecule has 3 aliphatic heterocycles. The lowest BCUT2D eigenvalue weighted by molar-refractivity contribution is 0.0897. The number of nitrogens with one attached hydrogen (secondary N) is 2. The van der Waals surface area contributed by atoms with Crippen LogP contribution < -0.4 is 25.8 Å². The summed E-state index contributed by atoms with van der Waals surface area (Å²) >= 11 is 6.53. The first-order valence-corrected chi connectivity index (χ1v) is 13.2. The molecule has 0 amide bonds. The van der Waals surface area contributed by atoms with Gasteiger partial charge < -0.3 is 29.6 Å². The van der Waals surface area contributed by atoms with Crippen molar-refractivity contribution < 1.29 is 9.47 Å². The maximum atomic E-state index is 13.1. The lowest BCUT2D eigenvalue weighted by atomic mass is 10.1. The van der Waals surface area contributed by atoms with E-state index in [-0.39, 0.29) is 5.56 Å². The minimum absolute atomic E-state index is 0.120. The summed E-state index contributed by atoms with van der Waals surface area (Å²) in [5, 5.41) is 8.45. The summed E-state index contributed by atoms with van der Waals surface area (Å²) in [7, 11) is 1.79. The molecule has 2 bridgehead atoms. The van der Waals surface area contributed by atoms with E-state index >= 15 is 0 Å². The summed E-state index contributed by atoms with van der Waals surface area (Å²) in [4.78, 5) is 24.7. The highest BCUT2D eigenvalue weighted by Gasteiger charge is 2.39. The number of rotatable bonds is 4. The predicted octanol–water partition coefficient (Wildman–Crippen LogP) is 4.07. The van der Waals surface area contributed by atoms with Gasteiger partial charge in [-0.25, -0.2) is 4.98 Å². The van der Waals surface area contributed by atoms with E-state index in [4.69, 9.17) is 26.1 Å². The predicted molar refractivity (Wildman–Crippen MR) is 140 cm³/mol. The number of ether oxygens (including phenoxy) is 2. The monoisotopic (exact) mass is 508 g/mol. The maximum absolute atomic E-state index is 13.1. The van der Waals surface area contributed by atoms with Gasteiger partial charge in [0.15, 0.2) is 5.82 Å². The Labute approximate surface area is 213 Å². The topological polar surface area (TPSA) is 93.5 Å². The van der Waals surface area contributed by atoms with E-state index < -0.39 is 0 Å². The first-order chi connectivity index (χ1) is 17.6. The zero-order valence-electron chi connectivity index (χ0n) is 20.2. The van der Waals surface area contributed by atoms with Crippen LogP contribution in [0.4, 0.5) is 23.1 Å². The molecule has 9 nitrogen and oxygen atoms in total. The third kappa shape index (κ3) is 3.67. The van der Waals surface area contributed by atoms with Gasteiger partial charge in [-0.15, -0.1) is 0 Å². The molecule has 2 aromatic heterocycles. The molecular formula is C26H29ClN6O3. The van der Waals surface area contributed by atoms with Crippen LogP contribution in [0.3, 0.4) is 0 Å². The van der Waals surface area contributed by atoms with E-state index in [0.717, 1.165) is 41.5 Å². The number of aryl methyl sites for hydroxylation is 1. The first kappa shape index (κ1) is 22.2. The highest BCUT2D eigenvalue weighted by atomic mass is 35.5. The molecule has 2 saturated heterocycles. The molecule has 3 atom stereocenters. The normalized spacial score (nSPS) is 25.2. The number of hydrogen-bond acceptors (Lipinski definition) is 8. The zero-order valence-corrected chi connectivity index (χ0v) is 20.9. The van der Waals surface area contributed by atoms with Gasteiger partial charge >= 0.3 is 0 Å². The minimum atomic E-state index is -0.120. The number of aromatic nitrogens is 3. The second-order valence-corrected chi connectivity index (χ2v) is 10.8. The van der Waals surface area contributed by atoms with Crippen molar-refractivity contribution in [2.45, 2.75) is 50.2 Å². The van der Waals surface area contributed by atoms with Crippen molar-refractivity contribution in [3.8, 4) is 5.75 Å². The molecule has 1 aromatic carbocycles. The number of fused-ring (bicyclic) bond motifs is 5. The van der Waals surface area contributed by atoms with E-state index in [2.05, 4.69) is 20.5 Å². The van der Waals surface area contributed by atoms with Gasteiger partial charge in [-0.1, -0.05) is 11.6 Å². The van der Waals surface area contributed by atoms with Gasteiger partial charge in [-0.2, -0.15) is 4.98 Å². The Morgan fingerprint density at radius 2 is 1.94 bits per heavy atom. The number of hydrogen-bond donors (Lipinski definition) is 2. The Morgan fingerprint density at radius 1 is 1.14 bits per heavy atom. The minimum Gasteiger partial charge on any atom is -0.486 e. The van der Waals surface area contributed by atoms with E-state index in [1.165, 1.54) is 12.8 Å². The molecule has 3 fully saturated rings. The number of halogens is 1. The summed E-state index contributed by atoms with van der Waals surface area (Å²) in [5.74, 6) is 2.28. The zero-order chi connectivity index (χ0) is 24.4. The van der Waals surface area contributed by atoms with E-state index in [1.54, 1.807) is 17.8 Å². The molecule has 1 saturated carbocycles. The molecule has 7 rings (SSSR count). The van der Waals surface area contributed by atoms with Gasteiger partial charge in [0, 0.05) is 30.6 Å². The standard InChI is InChI=1S/C26H29ClN6O3/c1-32-21-7-4-15(10-18(21)22-23(25(32)34)36-9-8-20(30-22)14-2-3-14)29-24-19(27)11-28-26(31-24)33-16-5-6-17(33)13-35-12-16/h4,7,10-11,14,16-17,20,30H,2-3,5-6,8-9,12-13H2,1H3,(H,28,29,31)/t16?,17?,20-/m1/s1. The Balaban J connectivity index is 1.26. The Bertz CT molecular complexity index is 1390. The summed E-state index contributed by atoms with van der Waals surface area (Å²) in [6.45, 7) is 1.95. The van der Waals surface area contributed by atoms with Crippen LogP contribution >= 0.6 is 11.6 Å². The fraction of sp³-hybridized carbons (Fsp3) is 0.500. The summed E-state index contributed by atoms with van der Waals surface area (Å²) < 4.78 is 13.4. The molecule has 1 aliphatic carbocycles. The number of anilines is 4. The second-order valence-electron chi connectivity index (χ2n) is 10.3. The van der Waals surface area contributed by atoms with Crippen LogP contribution in [-0.4, -0.2) is 52.5 Å². The lowest BCUT2D eigenvalue weighted by Crippen LogP contribution is -2.46. The summed E-state index contributed by atoms with van der Waals surface area (Å²) in [6, 6.07) is 6.87. The number of benzene rings is 1. The van der Waals surface area contributed by atoms with Gasteiger partial charge in [-0.05, 0) is 49.8 Å². The highest BCUT2D eigenvalue weighted by Crippen LogP contribution is 2.41. The molecule has 4 aliphatic rings. The van der Waals surface area contributed by atoms with Gasteiger partial charge in [0.25, 0.3) is 5.56 Å². The molecule has 10 heteroatoms. The molecule has 188 valence electrons. The van der Waals surface area contributed by atoms with Crippen LogP contribution in [0.5, 0.6) is 5.75 Å². The van der Waals surface area contributed by atoms with Crippen molar-refractivity contribution in [1.82, 2.24) is 14.5 Å². The summed E-state index contributed by atoms with van der Waals surface area (Å²) in [6.07, 6.45) is 7.18. The van der Waals surface area contributed by atoms with Gasteiger partial charge in [0.05, 0.1) is 49.3 Å². The maximum Gasteiger partial charge on any atom is 0.295 e. The van der Waals surface area contributed by atoms with Crippen molar-refractivity contribution in [3.63, 3.8) is 0 Å². The number of morpholine rings is 1. The third-order valence-corrected chi connectivity index (χ3v) is 8.29. The average Bonchev–Trinajstić information content (AvgIpc) is 3.71. The van der Waals surface area contributed by atoms with Crippen LogP contribution in [0.2, 0.25) is 5.02 Å². The van der Waals surface area contributed by atoms with Gasteiger partial charge in [-0.3, -0.25) is 4.79 Å². The largest absolute Gasteiger partial charge is 0.486 e. The Kier molecular flexibility index (Phi) is 5.25. The fourth-order valence-electron chi connectivity index (χ4n) is 5.93. The highest BCUT2D eigenvalue weighted by molar-refractivity contribution is 6.33. The SMILES string of the molecule is Cn1c(=O)c2c(c3cc(Nc4nc(N5C6CCC5COC6)ncc4Cl)ccc31)N[C@@H](C1CC1)CCO2. The number of nitrogens with zero attached hydrogens (tertiary/aromatic N) is 4. The molecule has 0 spiro atoms. The molecule has 3 aromatic rings. The van der Waals surface area contributed by atoms with E-state index in [9.17, 15) is 4.79 Å². The molecule has 2 unspecified atom stereocenters. The third-order valence-electron chi connectivity index (χ3n) is 8.01. The quantitative estimate of drug-likeness (QED) is 0.545. The van der Waals surface area contributed by atoms with Crippen LogP contribution in [0.25, 0.3) is 10.9 Å². The van der Waals surface area contributed by atoms with E-state index in [0.29, 0.717) is 66.4 Å². The molecule has 0 radical (unpaired) electrons. The molecule has 36 heavy (non-hydrogen) atoms. The summed E-state index contributed by atoms with van der Waals surface area (Å²) in [5.41, 5.74) is 2.33. The van der Waals surface area contributed by atoms with Crippen LogP contribution in [-0.2, 0) is 11.8 Å². The average molecular weight is 509 g/mol. The van der Waals surface area contributed by atoms with Crippen LogP contribution in [0, 0.1) is 5.92 Å². The van der Waals surface area contributed by atoms with Gasteiger partial charge in [0.2, 0.25) is 11.7 Å². The molecular weight excluding hydrogens is 480 g/mol. The smallest absolute Gasteiger partial charge is 0.295 e. The molecule has 5 heterocycles. The van der Waals surface area contributed by atoms with Crippen molar-refractivity contribution in [3.05, 3.63) is 39.8 Å². The lowest BCUT2D eigenvalue weighted by Gasteiger charge is -2.34. The van der Waals surface area contributed by atoms with E-state index in [1.807, 2.05) is 18.2 Å². The van der Waals surface area contributed by atoms with Crippen molar-refractivity contribution in [2.75, 3.05) is 35.4 Å². The van der Waals surface area contributed by atoms with Crippen molar-refractivity contribution in [1.29, 1.82) is 0 Å². The van der Waals surface area contributed by atoms with Crippen molar-refractivity contribution >= 4 is 45.6 Å².